The van der Waals surface area contributed by atoms with E-state index in [-0.39, 0.29) is 5.97 Å². The molecular weight excluding hydrogens is 444 g/mol. The molecule has 3 heteroatoms. The van der Waals surface area contributed by atoms with E-state index in [9.17, 15) is 4.79 Å². The Kier molecular flexibility index (Phi) is 11.8. The molecule has 0 fully saturated rings. The molecule has 0 radical (unpaired) electrons. The molecule has 0 spiro atoms. The number of carbonyl (C=O) groups is 1. The maximum Gasteiger partial charge on any atom is 0.343 e. The molecule has 0 bridgehead atoms. The highest BCUT2D eigenvalue weighted by molar-refractivity contribution is 5.91. The highest BCUT2D eigenvalue weighted by Gasteiger charge is 2.09. The second-order valence-electron chi connectivity index (χ2n) is 9.29. The number of benzene rings is 3. The van der Waals surface area contributed by atoms with Gasteiger partial charge in [0.2, 0.25) is 0 Å². The van der Waals surface area contributed by atoms with Gasteiger partial charge in [0.15, 0.2) is 0 Å². The predicted octanol–water partition coefficient (Wildman–Crippen LogP) is 9.21. The third kappa shape index (κ3) is 9.37. The minimum absolute atomic E-state index is 0.365. The van der Waals surface area contributed by atoms with Crippen molar-refractivity contribution < 1.29 is 14.3 Å². The number of aryl methyl sites for hydroxylation is 1. The smallest absolute Gasteiger partial charge is 0.343 e. The highest BCUT2D eigenvalue weighted by atomic mass is 16.5. The Bertz CT molecular complexity index is 1030. The molecule has 0 aliphatic carbocycles. The van der Waals surface area contributed by atoms with Gasteiger partial charge in [-0.3, -0.25) is 0 Å². The van der Waals surface area contributed by atoms with Crippen LogP contribution in [0, 0.1) is 0 Å². The van der Waals surface area contributed by atoms with Crippen LogP contribution in [0.1, 0.15) is 80.6 Å². The molecule has 0 saturated heterocycles. The zero-order valence-corrected chi connectivity index (χ0v) is 21.7. The Hall–Kier alpha value is -3.33. The summed E-state index contributed by atoms with van der Waals surface area (Å²) in [5.41, 5.74) is 4.16. The van der Waals surface area contributed by atoms with Crippen molar-refractivity contribution in [2.75, 3.05) is 6.61 Å². The Morgan fingerprint density at radius 1 is 0.722 bits per heavy atom. The predicted molar refractivity (Wildman–Crippen MR) is 150 cm³/mol. The summed E-state index contributed by atoms with van der Waals surface area (Å²) < 4.78 is 11.3. The van der Waals surface area contributed by atoms with Crippen molar-refractivity contribution in [3.63, 3.8) is 0 Å². The fourth-order valence-electron chi connectivity index (χ4n) is 4.12. The third-order valence-corrected chi connectivity index (χ3v) is 6.33. The van der Waals surface area contributed by atoms with Crippen molar-refractivity contribution in [3.05, 3.63) is 96.6 Å². The number of unbranched alkanes of at least 4 members (excludes halogenated alkanes) is 7. The average Bonchev–Trinajstić information content (AvgIpc) is 2.92. The summed E-state index contributed by atoms with van der Waals surface area (Å²) in [5.74, 6) is 0.925. The van der Waals surface area contributed by atoms with Gasteiger partial charge in [-0.1, -0.05) is 75.1 Å². The van der Waals surface area contributed by atoms with Crippen molar-refractivity contribution in [2.24, 2.45) is 0 Å². The molecule has 3 nitrogen and oxygen atoms in total. The van der Waals surface area contributed by atoms with Crippen molar-refractivity contribution in [2.45, 2.75) is 71.1 Å². The first-order valence-corrected chi connectivity index (χ1v) is 13.4. The quantitative estimate of drug-likeness (QED) is 0.0879. The van der Waals surface area contributed by atoms with Crippen LogP contribution in [0.5, 0.6) is 11.5 Å². The number of allylic oxidation sites excluding steroid dienone is 1. The summed E-state index contributed by atoms with van der Waals surface area (Å²) in [6, 6.07) is 23.6. The molecule has 36 heavy (non-hydrogen) atoms. The van der Waals surface area contributed by atoms with E-state index in [0.29, 0.717) is 17.9 Å². The van der Waals surface area contributed by atoms with Crippen LogP contribution in [-0.2, 0) is 6.42 Å². The number of esters is 1. The first-order valence-electron chi connectivity index (χ1n) is 13.4. The minimum atomic E-state index is -0.365. The molecule has 0 unspecified atom stereocenters. The van der Waals surface area contributed by atoms with Crippen LogP contribution in [0.15, 0.2) is 85.5 Å². The van der Waals surface area contributed by atoms with Crippen molar-refractivity contribution in [3.8, 4) is 22.6 Å². The van der Waals surface area contributed by atoms with Gasteiger partial charge in [-0.05, 0) is 91.6 Å². The maximum atomic E-state index is 12.6. The lowest BCUT2D eigenvalue weighted by molar-refractivity contribution is 0.0734. The van der Waals surface area contributed by atoms with Gasteiger partial charge >= 0.3 is 5.97 Å². The topological polar surface area (TPSA) is 35.5 Å². The second-order valence-corrected chi connectivity index (χ2v) is 9.29. The highest BCUT2D eigenvalue weighted by Crippen LogP contribution is 2.23. The second kappa shape index (κ2) is 15.6. The molecule has 3 aromatic rings. The van der Waals surface area contributed by atoms with Gasteiger partial charge in [0.05, 0.1) is 12.2 Å². The lowest BCUT2D eigenvalue weighted by atomic mass is 10.00. The summed E-state index contributed by atoms with van der Waals surface area (Å²) in [4.78, 5) is 12.6. The van der Waals surface area contributed by atoms with Crippen LogP contribution < -0.4 is 9.47 Å². The Morgan fingerprint density at radius 2 is 1.33 bits per heavy atom. The first-order chi connectivity index (χ1) is 17.7. The van der Waals surface area contributed by atoms with Gasteiger partial charge in [-0.25, -0.2) is 4.79 Å². The van der Waals surface area contributed by atoms with Crippen LogP contribution in [-0.4, -0.2) is 12.6 Å². The van der Waals surface area contributed by atoms with Crippen molar-refractivity contribution >= 4 is 5.97 Å². The number of hydrogen-bond acceptors (Lipinski definition) is 3. The molecule has 0 aromatic heterocycles. The molecule has 3 aromatic carbocycles. The van der Waals surface area contributed by atoms with Crippen LogP contribution in [0.25, 0.3) is 11.1 Å². The molecule has 0 saturated carbocycles. The monoisotopic (exact) mass is 484 g/mol. The van der Waals surface area contributed by atoms with Crippen LogP contribution in [0.4, 0.5) is 0 Å². The SMILES string of the molecule is C=CCCCCCOc1ccc(OC(=O)c2ccc(-c3ccc(CCCCCCC)cc3)cc2)cc1. The van der Waals surface area contributed by atoms with Gasteiger partial charge < -0.3 is 9.47 Å². The van der Waals surface area contributed by atoms with Crippen molar-refractivity contribution in [1.82, 2.24) is 0 Å². The number of rotatable bonds is 16. The number of ether oxygens (including phenoxy) is 2. The molecule has 0 aliphatic heterocycles. The van der Waals surface area contributed by atoms with E-state index >= 15 is 0 Å². The standard InChI is InChI=1S/C33H40O3/c1-3-5-7-9-11-13-27-14-16-28(17-15-27)29-18-20-30(21-19-29)33(34)36-32-24-22-31(23-25-32)35-26-12-10-8-6-4-2/h4,14-25H,2-3,5-13,26H2,1H3. The van der Waals surface area contributed by atoms with Gasteiger partial charge in [-0.15, -0.1) is 6.58 Å². The Balaban J connectivity index is 1.45. The average molecular weight is 485 g/mol. The van der Waals surface area contributed by atoms with E-state index in [1.165, 1.54) is 37.7 Å². The van der Waals surface area contributed by atoms with Gasteiger partial charge in [0.25, 0.3) is 0 Å². The molecule has 190 valence electrons. The summed E-state index contributed by atoms with van der Waals surface area (Å²) in [5, 5.41) is 0. The van der Waals surface area contributed by atoms with E-state index in [1.807, 2.05) is 42.5 Å². The van der Waals surface area contributed by atoms with E-state index < -0.39 is 0 Å². The molecule has 0 amide bonds. The van der Waals surface area contributed by atoms with E-state index in [2.05, 4.69) is 37.8 Å². The molecular formula is C33H40O3. The lowest BCUT2D eigenvalue weighted by Crippen LogP contribution is -2.08. The summed E-state index contributed by atoms with van der Waals surface area (Å²) in [7, 11) is 0. The van der Waals surface area contributed by atoms with E-state index in [0.717, 1.165) is 49.0 Å². The molecule has 0 heterocycles. The summed E-state index contributed by atoms with van der Waals surface area (Å²) >= 11 is 0. The molecule has 0 aliphatic rings. The largest absolute Gasteiger partial charge is 0.494 e. The fraction of sp³-hybridized carbons (Fsp3) is 0.364. The molecule has 3 rings (SSSR count). The zero-order valence-electron chi connectivity index (χ0n) is 21.7. The third-order valence-electron chi connectivity index (χ3n) is 6.33. The van der Waals surface area contributed by atoms with Crippen LogP contribution in [0.2, 0.25) is 0 Å². The number of carbonyl (C=O) groups excluding carboxylic acids is 1. The first kappa shape index (κ1) is 27.3. The van der Waals surface area contributed by atoms with Gasteiger partial charge in [0, 0.05) is 0 Å². The zero-order chi connectivity index (χ0) is 25.4. The summed E-state index contributed by atoms with van der Waals surface area (Å²) in [6.07, 6.45) is 13.9. The van der Waals surface area contributed by atoms with Crippen LogP contribution >= 0.6 is 0 Å². The van der Waals surface area contributed by atoms with E-state index in [4.69, 9.17) is 9.47 Å². The van der Waals surface area contributed by atoms with Crippen LogP contribution in [0.3, 0.4) is 0 Å². The van der Waals surface area contributed by atoms with Gasteiger partial charge in [0.1, 0.15) is 11.5 Å². The maximum absolute atomic E-state index is 12.6. The van der Waals surface area contributed by atoms with Crippen molar-refractivity contribution in [1.29, 1.82) is 0 Å². The molecule has 0 atom stereocenters. The lowest BCUT2D eigenvalue weighted by Gasteiger charge is -2.09. The fourth-order valence-corrected chi connectivity index (χ4v) is 4.12. The Morgan fingerprint density at radius 3 is 2.00 bits per heavy atom. The van der Waals surface area contributed by atoms with Gasteiger partial charge in [-0.2, -0.15) is 0 Å². The molecule has 0 N–H and O–H groups in total. The Labute approximate surface area is 217 Å². The number of hydrogen-bond donors (Lipinski definition) is 0. The normalized spacial score (nSPS) is 10.7. The summed E-state index contributed by atoms with van der Waals surface area (Å²) in [6.45, 7) is 6.67. The van der Waals surface area contributed by atoms with E-state index in [1.54, 1.807) is 12.1 Å². The minimum Gasteiger partial charge on any atom is -0.494 e.